The minimum Gasteiger partial charge on any atom is -0.481 e. The Morgan fingerprint density at radius 2 is 2.05 bits per heavy atom. The fraction of sp³-hybridized carbons (Fsp3) is 0.533. The van der Waals surface area contributed by atoms with Gasteiger partial charge < -0.3 is 15.0 Å². The van der Waals surface area contributed by atoms with Crippen molar-refractivity contribution in [2.24, 2.45) is 23.7 Å². The molecule has 0 unspecified atom stereocenters. The maximum atomic E-state index is 12.3. The number of allylic oxidation sites excluding steroid dienone is 2. The van der Waals surface area contributed by atoms with Crippen LogP contribution in [0, 0.1) is 23.7 Å². The van der Waals surface area contributed by atoms with Crippen LogP contribution in [0.25, 0.3) is 0 Å². The monoisotopic (exact) mass is 289 g/mol. The lowest BCUT2D eigenvalue weighted by Gasteiger charge is -2.23. The molecule has 0 spiro atoms. The summed E-state index contributed by atoms with van der Waals surface area (Å²) in [6.45, 7) is 1.35. The molecule has 21 heavy (non-hydrogen) atoms. The van der Waals surface area contributed by atoms with Crippen LogP contribution in [0.4, 0.5) is 0 Å². The number of nitrogens with one attached hydrogen (secondary N) is 1. The summed E-state index contributed by atoms with van der Waals surface area (Å²) in [7, 11) is 0. The Balaban J connectivity index is 1.51. The molecule has 0 radical (unpaired) electrons. The van der Waals surface area contributed by atoms with Gasteiger partial charge in [0.15, 0.2) is 0 Å². The normalized spacial score (nSPS) is 29.7. The van der Waals surface area contributed by atoms with Gasteiger partial charge >= 0.3 is 5.97 Å². The van der Waals surface area contributed by atoms with E-state index in [0.717, 1.165) is 19.4 Å². The number of carboxylic acids is 1. The topological polar surface area (TPSA) is 84.2 Å². The van der Waals surface area contributed by atoms with Crippen LogP contribution in [0.1, 0.15) is 12.8 Å². The average molecular weight is 289 g/mol. The summed E-state index contributed by atoms with van der Waals surface area (Å²) in [5.74, 6) is -1.84. The van der Waals surface area contributed by atoms with Crippen LogP contribution in [0.5, 0.6) is 0 Å². The van der Waals surface area contributed by atoms with Gasteiger partial charge in [-0.15, -0.1) is 0 Å². The zero-order chi connectivity index (χ0) is 14.8. The van der Waals surface area contributed by atoms with Gasteiger partial charge in [0.2, 0.25) is 5.91 Å². The predicted octanol–water partition coefficient (Wildman–Crippen LogP) is 0.912. The molecule has 1 saturated carbocycles. The minimum absolute atomic E-state index is 0.0224. The highest BCUT2D eigenvalue weighted by Gasteiger charge is 2.51. The van der Waals surface area contributed by atoms with E-state index >= 15 is 0 Å². The maximum Gasteiger partial charge on any atom is 0.307 e. The summed E-state index contributed by atoms with van der Waals surface area (Å²) in [6, 6.07) is 0. The van der Waals surface area contributed by atoms with E-state index in [4.69, 9.17) is 0 Å². The summed E-state index contributed by atoms with van der Waals surface area (Å²) < 4.78 is 1.95. The lowest BCUT2D eigenvalue weighted by molar-refractivity contribution is -0.147. The first-order chi connectivity index (χ1) is 10.2. The number of amides is 1. The Morgan fingerprint density at radius 3 is 2.71 bits per heavy atom. The number of carboxylic acid groups (broad SMARTS) is 1. The molecule has 0 aromatic carbocycles. The molecule has 2 aliphatic carbocycles. The van der Waals surface area contributed by atoms with Crippen LogP contribution in [0.2, 0.25) is 0 Å². The molecule has 2 N–H and O–H groups in total. The number of hydrogen-bond donors (Lipinski definition) is 2. The van der Waals surface area contributed by atoms with Crippen molar-refractivity contribution in [3.63, 3.8) is 0 Å². The van der Waals surface area contributed by atoms with Crippen molar-refractivity contribution in [2.75, 3.05) is 6.54 Å². The molecule has 0 saturated heterocycles. The van der Waals surface area contributed by atoms with E-state index in [-0.39, 0.29) is 17.7 Å². The molecule has 2 aliphatic rings. The van der Waals surface area contributed by atoms with E-state index in [9.17, 15) is 14.7 Å². The molecule has 1 aromatic rings. The summed E-state index contributed by atoms with van der Waals surface area (Å²) in [4.78, 5) is 27.6. The number of nitrogens with zero attached hydrogens (tertiary/aromatic N) is 2. The lowest BCUT2D eigenvalue weighted by atomic mass is 9.82. The molecular formula is C15H19N3O3. The molecule has 1 aromatic heterocycles. The molecule has 4 atom stereocenters. The van der Waals surface area contributed by atoms with E-state index in [1.54, 1.807) is 12.5 Å². The molecule has 0 aliphatic heterocycles. The van der Waals surface area contributed by atoms with Gasteiger partial charge in [-0.1, -0.05) is 12.2 Å². The molecule has 1 amide bonds. The van der Waals surface area contributed by atoms with Crippen LogP contribution in [0.15, 0.2) is 30.9 Å². The van der Waals surface area contributed by atoms with Crippen molar-refractivity contribution in [2.45, 2.75) is 19.4 Å². The smallest absolute Gasteiger partial charge is 0.307 e. The third-order valence-corrected chi connectivity index (χ3v) is 4.50. The standard InChI is InChI=1S/C15H19N3O3/c19-14(17-4-1-6-18-7-5-16-9-18)12-10-2-3-11(8-10)13(12)15(20)21/h2-3,5,7,9-13H,1,4,6,8H2,(H,17,19)(H,20,21)/t10-,11+,12+,13-/m0/s1. The maximum absolute atomic E-state index is 12.3. The molecule has 2 bridgehead atoms. The van der Waals surface area contributed by atoms with Crippen molar-refractivity contribution in [3.8, 4) is 0 Å². The van der Waals surface area contributed by atoms with Gasteiger partial charge in [0.1, 0.15) is 0 Å². The number of imidazole rings is 1. The lowest BCUT2D eigenvalue weighted by Crippen LogP contribution is -2.40. The van der Waals surface area contributed by atoms with Crippen LogP contribution in [-0.2, 0) is 16.1 Å². The van der Waals surface area contributed by atoms with Gasteiger partial charge in [-0.2, -0.15) is 0 Å². The fourth-order valence-corrected chi connectivity index (χ4v) is 3.53. The van der Waals surface area contributed by atoms with Crippen LogP contribution >= 0.6 is 0 Å². The largest absolute Gasteiger partial charge is 0.481 e. The van der Waals surface area contributed by atoms with E-state index in [1.807, 2.05) is 22.9 Å². The van der Waals surface area contributed by atoms with Gasteiger partial charge in [-0.25, -0.2) is 4.98 Å². The van der Waals surface area contributed by atoms with Crippen LogP contribution in [0.3, 0.4) is 0 Å². The van der Waals surface area contributed by atoms with E-state index in [1.165, 1.54) is 0 Å². The van der Waals surface area contributed by atoms with Crippen molar-refractivity contribution >= 4 is 11.9 Å². The quantitative estimate of drug-likeness (QED) is 0.602. The highest BCUT2D eigenvalue weighted by Crippen LogP contribution is 2.48. The third-order valence-electron chi connectivity index (χ3n) is 4.50. The Hall–Kier alpha value is -2.11. The number of aromatic nitrogens is 2. The zero-order valence-electron chi connectivity index (χ0n) is 11.7. The number of carbonyl (C=O) groups is 2. The number of aliphatic carboxylic acids is 1. The number of rotatable bonds is 6. The summed E-state index contributed by atoms with van der Waals surface area (Å²) in [5.41, 5.74) is 0. The molecule has 112 valence electrons. The van der Waals surface area contributed by atoms with E-state index < -0.39 is 17.8 Å². The van der Waals surface area contributed by atoms with Crippen LogP contribution < -0.4 is 5.32 Å². The van der Waals surface area contributed by atoms with Crippen molar-refractivity contribution in [1.29, 1.82) is 0 Å². The third kappa shape index (κ3) is 2.70. The Bertz CT molecular complexity index is 553. The van der Waals surface area contributed by atoms with Gasteiger partial charge in [-0.05, 0) is 24.7 Å². The fourth-order valence-electron chi connectivity index (χ4n) is 3.53. The highest BCUT2D eigenvalue weighted by atomic mass is 16.4. The summed E-state index contributed by atoms with van der Waals surface area (Å²) >= 11 is 0. The van der Waals surface area contributed by atoms with Crippen molar-refractivity contribution < 1.29 is 14.7 Å². The Kier molecular flexibility index (Phi) is 3.77. The molecule has 1 heterocycles. The number of carbonyl (C=O) groups excluding carboxylic acids is 1. The summed E-state index contributed by atoms with van der Waals surface area (Å²) in [6.07, 6.45) is 10.9. The van der Waals surface area contributed by atoms with Crippen molar-refractivity contribution in [1.82, 2.24) is 14.9 Å². The summed E-state index contributed by atoms with van der Waals surface area (Å²) in [5, 5.41) is 12.2. The van der Waals surface area contributed by atoms with E-state index in [2.05, 4.69) is 10.3 Å². The van der Waals surface area contributed by atoms with Gasteiger partial charge in [0.25, 0.3) is 0 Å². The number of fused-ring (bicyclic) bond motifs is 2. The second kappa shape index (κ2) is 5.71. The van der Waals surface area contributed by atoms with Gasteiger partial charge in [0, 0.05) is 25.5 Å². The second-order valence-electron chi connectivity index (χ2n) is 5.78. The van der Waals surface area contributed by atoms with Gasteiger partial charge in [0.05, 0.1) is 18.2 Å². The average Bonchev–Trinajstić information content (AvgIpc) is 3.18. The molecule has 1 fully saturated rings. The predicted molar refractivity (Wildman–Crippen MR) is 75.2 cm³/mol. The highest BCUT2D eigenvalue weighted by molar-refractivity contribution is 5.86. The van der Waals surface area contributed by atoms with Gasteiger partial charge in [-0.3, -0.25) is 9.59 Å². The molecule has 3 rings (SSSR count). The van der Waals surface area contributed by atoms with Crippen LogP contribution in [-0.4, -0.2) is 33.1 Å². The minimum atomic E-state index is -0.856. The van der Waals surface area contributed by atoms with E-state index in [0.29, 0.717) is 6.54 Å². The zero-order valence-corrected chi connectivity index (χ0v) is 11.7. The number of aryl methyl sites for hydroxylation is 1. The first-order valence-electron chi connectivity index (χ1n) is 7.31. The Labute approximate surface area is 122 Å². The first-order valence-corrected chi connectivity index (χ1v) is 7.31. The Morgan fingerprint density at radius 1 is 1.29 bits per heavy atom. The number of hydrogen-bond acceptors (Lipinski definition) is 3. The second-order valence-corrected chi connectivity index (χ2v) is 5.78. The first kappa shape index (κ1) is 13.9. The SMILES string of the molecule is O=C(O)[C@@H]1[C@H](C(=O)NCCCn2ccnc2)[C@H]2C=C[C@@H]1C2. The molecule has 6 heteroatoms. The van der Waals surface area contributed by atoms with Crippen molar-refractivity contribution in [3.05, 3.63) is 30.9 Å². The molecular weight excluding hydrogens is 270 g/mol. The molecule has 6 nitrogen and oxygen atoms in total.